The molecule has 0 aromatic heterocycles. The van der Waals surface area contributed by atoms with Gasteiger partial charge in [-0.2, -0.15) is 0 Å². The summed E-state index contributed by atoms with van der Waals surface area (Å²) in [6.07, 6.45) is 1.97. The Hall–Kier alpha value is 0.150. The van der Waals surface area contributed by atoms with Gasteiger partial charge in [0.05, 0.1) is 5.66 Å². The van der Waals surface area contributed by atoms with Gasteiger partial charge in [-0.25, -0.2) is 0 Å². The zero-order chi connectivity index (χ0) is 6.91. The first-order valence-electron chi connectivity index (χ1n) is 2.94. The first-order chi connectivity index (χ1) is 4.23. The summed E-state index contributed by atoms with van der Waals surface area (Å²) in [5.41, 5.74) is 0.187. The smallest absolute Gasteiger partial charge is 0.312 e. The minimum absolute atomic E-state index is 0.187. The summed E-state index contributed by atoms with van der Waals surface area (Å²) in [4.78, 5) is 0. The van der Waals surface area contributed by atoms with Crippen LogP contribution < -0.4 is 0 Å². The lowest BCUT2D eigenvalue weighted by molar-refractivity contribution is 0.274. The summed E-state index contributed by atoms with van der Waals surface area (Å²) in [7, 11) is 0.224. The maximum atomic E-state index is 11.3. The first kappa shape index (κ1) is 7.26. The van der Waals surface area contributed by atoms with Crippen molar-refractivity contribution < 1.29 is 13.6 Å². The monoisotopic (exact) mass is 150 g/mol. The molecule has 54 valence electrons. The van der Waals surface area contributed by atoms with Gasteiger partial charge in [0.25, 0.3) is 0 Å². The van der Waals surface area contributed by atoms with Crippen LogP contribution in [0.4, 0.5) is 0 Å². The van der Waals surface area contributed by atoms with Crippen LogP contribution in [0.1, 0.15) is 12.8 Å². The van der Waals surface area contributed by atoms with Gasteiger partial charge in [0.2, 0.25) is 0 Å². The lowest BCUT2D eigenvalue weighted by Crippen LogP contribution is -1.92. The van der Waals surface area contributed by atoms with E-state index in [0.717, 1.165) is 12.8 Å². The van der Waals surface area contributed by atoms with Gasteiger partial charge in [0, 0.05) is 14.2 Å². The van der Waals surface area contributed by atoms with Crippen LogP contribution in [0.3, 0.4) is 0 Å². The summed E-state index contributed by atoms with van der Waals surface area (Å²) in [6.45, 7) is 0. The molecular formula is C5H11O3P. The Bertz CT molecular complexity index is 133. The highest BCUT2D eigenvalue weighted by atomic mass is 31.2. The van der Waals surface area contributed by atoms with Crippen LogP contribution >= 0.6 is 7.60 Å². The number of rotatable bonds is 3. The van der Waals surface area contributed by atoms with Gasteiger partial charge in [-0.05, 0) is 12.8 Å². The van der Waals surface area contributed by atoms with Gasteiger partial charge >= 0.3 is 7.60 Å². The third kappa shape index (κ3) is 1.34. The van der Waals surface area contributed by atoms with E-state index in [1.807, 2.05) is 0 Å². The third-order valence-electron chi connectivity index (χ3n) is 1.50. The van der Waals surface area contributed by atoms with E-state index in [1.54, 1.807) is 0 Å². The van der Waals surface area contributed by atoms with E-state index in [1.165, 1.54) is 14.2 Å². The molecule has 0 amide bonds. The van der Waals surface area contributed by atoms with E-state index in [9.17, 15) is 4.57 Å². The van der Waals surface area contributed by atoms with Crippen molar-refractivity contribution in [1.29, 1.82) is 0 Å². The molecule has 0 saturated heterocycles. The van der Waals surface area contributed by atoms with Crippen LogP contribution in [-0.2, 0) is 13.6 Å². The topological polar surface area (TPSA) is 35.5 Å². The van der Waals surface area contributed by atoms with E-state index in [-0.39, 0.29) is 5.66 Å². The van der Waals surface area contributed by atoms with Crippen LogP contribution in [0.15, 0.2) is 0 Å². The second-order valence-corrected chi connectivity index (χ2v) is 4.68. The van der Waals surface area contributed by atoms with Crippen molar-refractivity contribution in [2.45, 2.75) is 18.5 Å². The molecule has 0 aliphatic heterocycles. The largest absolute Gasteiger partial charge is 0.333 e. The molecular weight excluding hydrogens is 139 g/mol. The molecule has 0 N–H and O–H groups in total. The Morgan fingerprint density at radius 3 is 1.89 bits per heavy atom. The van der Waals surface area contributed by atoms with Crippen molar-refractivity contribution in [3.8, 4) is 0 Å². The SMILES string of the molecule is COP(=O)(OC)C1CC1. The minimum Gasteiger partial charge on any atom is -0.312 e. The van der Waals surface area contributed by atoms with Gasteiger partial charge in [0.15, 0.2) is 0 Å². The molecule has 0 aromatic rings. The number of hydrogen-bond donors (Lipinski definition) is 0. The van der Waals surface area contributed by atoms with Crippen LogP contribution in [0.2, 0.25) is 0 Å². The summed E-state index contributed by atoms with van der Waals surface area (Å²) in [5, 5.41) is 0. The molecule has 0 unspecified atom stereocenters. The van der Waals surface area contributed by atoms with E-state index in [4.69, 9.17) is 9.05 Å². The maximum absolute atomic E-state index is 11.3. The molecule has 1 rings (SSSR count). The molecule has 3 nitrogen and oxygen atoms in total. The van der Waals surface area contributed by atoms with Crippen molar-refractivity contribution >= 4 is 7.60 Å². The molecule has 4 heteroatoms. The van der Waals surface area contributed by atoms with E-state index < -0.39 is 7.60 Å². The van der Waals surface area contributed by atoms with Crippen LogP contribution in [0.5, 0.6) is 0 Å². The fraction of sp³-hybridized carbons (Fsp3) is 1.00. The second kappa shape index (κ2) is 2.41. The molecule has 1 saturated carbocycles. The Kier molecular flexibility index (Phi) is 1.94. The Morgan fingerprint density at radius 1 is 1.33 bits per heavy atom. The Morgan fingerprint density at radius 2 is 1.78 bits per heavy atom. The predicted octanol–water partition coefficient (Wildman–Crippen LogP) is 1.63. The molecule has 0 bridgehead atoms. The molecule has 0 atom stereocenters. The first-order valence-corrected chi connectivity index (χ1v) is 4.55. The molecule has 9 heavy (non-hydrogen) atoms. The van der Waals surface area contributed by atoms with Gasteiger partial charge in [-0.3, -0.25) is 4.57 Å². The maximum Gasteiger partial charge on any atom is 0.333 e. The zero-order valence-electron chi connectivity index (χ0n) is 5.66. The van der Waals surface area contributed by atoms with Crippen molar-refractivity contribution in [2.24, 2.45) is 0 Å². The molecule has 0 radical (unpaired) electrons. The van der Waals surface area contributed by atoms with Gasteiger partial charge in [-0.15, -0.1) is 0 Å². The van der Waals surface area contributed by atoms with Crippen molar-refractivity contribution in [3.05, 3.63) is 0 Å². The van der Waals surface area contributed by atoms with E-state index in [0.29, 0.717) is 0 Å². The van der Waals surface area contributed by atoms with E-state index in [2.05, 4.69) is 0 Å². The molecule has 0 heterocycles. The Balaban J connectivity index is 2.54. The Labute approximate surface area is 54.9 Å². The molecule has 1 aliphatic carbocycles. The predicted molar refractivity (Wildman–Crippen MR) is 34.6 cm³/mol. The highest BCUT2D eigenvalue weighted by Crippen LogP contribution is 2.61. The molecule has 1 fully saturated rings. The average molecular weight is 150 g/mol. The normalized spacial score (nSPS) is 20.2. The van der Waals surface area contributed by atoms with Gasteiger partial charge in [0.1, 0.15) is 0 Å². The van der Waals surface area contributed by atoms with Gasteiger partial charge < -0.3 is 9.05 Å². The summed E-state index contributed by atoms with van der Waals surface area (Å²) in [5.74, 6) is 0. The minimum atomic E-state index is -2.64. The van der Waals surface area contributed by atoms with Crippen molar-refractivity contribution in [1.82, 2.24) is 0 Å². The van der Waals surface area contributed by atoms with Crippen LogP contribution in [0.25, 0.3) is 0 Å². The van der Waals surface area contributed by atoms with Crippen LogP contribution in [-0.4, -0.2) is 19.9 Å². The molecule has 0 spiro atoms. The quantitative estimate of drug-likeness (QED) is 0.573. The summed E-state index contributed by atoms with van der Waals surface area (Å²) in [6, 6.07) is 0. The standard InChI is InChI=1S/C5H11O3P/c1-7-9(6,8-2)5-3-4-5/h5H,3-4H2,1-2H3. The van der Waals surface area contributed by atoms with Gasteiger partial charge in [-0.1, -0.05) is 0 Å². The fourth-order valence-electron chi connectivity index (χ4n) is 0.763. The fourth-order valence-corrected chi connectivity index (χ4v) is 2.29. The highest BCUT2D eigenvalue weighted by molar-refractivity contribution is 7.55. The lowest BCUT2D eigenvalue weighted by Gasteiger charge is -2.10. The lowest BCUT2D eigenvalue weighted by atomic mass is 11.0. The van der Waals surface area contributed by atoms with Crippen molar-refractivity contribution in [3.63, 3.8) is 0 Å². The average Bonchev–Trinajstić information content (AvgIpc) is 2.68. The zero-order valence-corrected chi connectivity index (χ0v) is 6.56. The van der Waals surface area contributed by atoms with E-state index >= 15 is 0 Å². The highest BCUT2D eigenvalue weighted by Gasteiger charge is 2.42. The second-order valence-electron chi connectivity index (χ2n) is 2.14. The van der Waals surface area contributed by atoms with Crippen molar-refractivity contribution in [2.75, 3.05) is 14.2 Å². The molecule has 1 aliphatic rings. The van der Waals surface area contributed by atoms with Crippen LogP contribution in [0, 0.1) is 0 Å². The number of hydrogen-bond acceptors (Lipinski definition) is 3. The summed E-state index contributed by atoms with van der Waals surface area (Å²) >= 11 is 0. The third-order valence-corrected chi connectivity index (χ3v) is 3.93. The summed E-state index contributed by atoms with van der Waals surface area (Å²) < 4.78 is 20.8. The molecule has 0 aromatic carbocycles.